The quantitative estimate of drug-likeness (QED) is 0.908. The topological polar surface area (TPSA) is 62.5 Å². The average Bonchev–Trinajstić information content (AvgIpc) is 2.32. The number of ether oxygens (including phenoxy) is 2. The Labute approximate surface area is 115 Å². The number of aliphatic hydroxyl groups is 1. The smallest absolute Gasteiger partial charge is 0.175 e. The third-order valence-electron chi connectivity index (χ3n) is 2.52. The summed E-state index contributed by atoms with van der Waals surface area (Å²) in [5.74, 6) is 0.555. The number of nitrogens with zero attached hydrogens (tertiary/aromatic N) is 1. The van der Waals surface area contributed by atoms with Crippen LogP contribution in [0.3, 0.4) is 0 Å². The number of hydrogen-bond donors (Lipinski definition) is 1. The molecular formula is C13H16BrNO3. The third-order valence-corrected chi connectivity index (χ3v) is 3.11. The molecule has 1 rings (SSSR count). The second-order valence-corrected chi connectivity index (χ2v) is 4.67. The Morgan fingerprint density at radius 2 is 2.17 bits per heavy atom. The molecule has 0 spiro atoms. The van der Waals surface area contributed by atoms with Crippen molar-refractivity contribution in [3.05, 3.63) is 22.2 Å². The molecule has 0 aliphatic carbocycles. The van der Waals surface area contributed by atoms with Crippen LogP contribution >= 0.6 is 15.9 Å². The number of aliphatic hydroxyl groups excluding tert-OH is 1. The van der Waals surface area contributed by atoms with Crippen LogP contribution in [0.4, 0.5) is 0 Å². The zero-order chi connectivity index (χ0) is 13.7. The van der Waals surface area contributed by atoms with E-state index < -0.39 is 12.0 Å². The Morgan fingerprint density at radius 3 is 2.61 bits per heavy atom. The van der Waals surface area contributed by atoms with E-state index in [1.165, 1.54) is 7.11 Å². The molecule has 0 bridgehead atoms. The molecule has 1 N–H and O–H groups in total. The Balaban J connectivity index is 3.26. The summed E-state index contributed by atoms with van der Waals surface area (Å²) in [7, 11) is 1.54. The van der Waals surface area contributed by atoms with Crippen molar-refractivity contribution in [2.24, 2.45) is 0 Å². The molecule has 2 atom stereocenters. The highest BCUT2D eigenvalue weighted by Crippen LogP contribution is 2.39. The normalized spacial score (nSPS) is 13.6. The number of nitriles is 1. The Hall–Kier alpha value is -1.25. The molecule has 0 saturated carbocycles. The van der Waals surface area contributed by atoms with Crippen LogP contribution in [0.5, 0.6) is 11.5 Å². The summed E-state index contributed by atoms with van der Waals surface area (Å²) in [5, 5.41) is 18.7. The second kappa shape index (κ2) is 6.62. The van der Waals surface area contributed by atoms with Gasteiger partial charge >= 0.3 is 0 Å². The first-order chi connectivity index (χ1) is 8.54. The number of benzene rings is 1. The maximum Gasteiger partial charge on any atom is 0.175 e. The molecule has 0 saturated heterocycles. The lowest BCUT2D eigenvalue weighted by Crippen LogP contribution is -2.13. The van der Waals surface area contributed by atoms with E-state index in [9.17, 15) is 5.11 Å². The van der Waals surface area contributed by atoms with Gasteiger partial charge in [0.15, 0.2) is 11.5 Å². The highest BCUT2D eigenvalue weighted by atomic mass is 79.9. The molecule has 4 nitrogen and oxygen atoms in total. The Morgan fingerprint density at radius 1 is 1.50 bits per heavy atom. The zero-order valence-corrected chi connectivity index (χ0v) is 12.2. The van der Waals surface area contributed by atoms with Gasteiger partial charge in [-0.3, -0.25) is 0 Å². The van der Waals surface area contributed by atoms with Gasteiger partial charge in [-0.25, -0.2) is 0 Å². The lowest BCUT2D eigenvalue weighted by molar-refractivity contribution is 0.181. The van der Waals surface area contributed by atoms with Crippen molar-refractivity contribution in [3.8, 4) is 17.6 Å². The lowest BCUT2D eigenvalue weighted by atomic mass is 9.95. The zero-order valence-electron chi connectivity index (χ0n) is 10.6. The molecule has 0 fully saturated rings. The van der Waals surface area contributed by atoms with E-state index in [4.69, 9.17) is 14.7 Å². The summed E-state index contributed by atoms with van der Waals surface area (Å²) in [6.07, 6.45) is -0.746. The maximum absolute atomic E-state index is 9.58. The fourth-order valence-electron chi connectivity index (χ4n) is 1.66. The van der Waals surface area contributed by atoms with Crippen LogP contribution in [0.1, 0.15) is 25.3 Å². The minimum Gasteiger partial charge on any atom is -0.493 e. The molecular weight excluding hydrogens is 298 g/mol. The summed E-state index contributed by atoms with van der Waals surface area (Å²) in [6.45, 7) is 3.99. The second-order valence-electron chi connectivity index (χ2n) is 3.81. The van der Waals surface area contributed by atoms with Crippen molar-refractivity contribution >= 4 is 15.9 Å². The van der Waals surface area contributed by atoms with Crippen LogP contribution in [-0.4, -0.2) is 24.9 Å². The predicted octanol–water partition coefficient (Wildman–Crippen LogP) is 2.84. The minimum atomic E-state index is -0.746. The van der Waals surface area contributed by atoms with Crippen LogP contribution in [0.2, 0.25) is 0 Å². The van der Waals surface area contributed by atoms with E-state index in [2.05, 4.69) is 22.0 Å². The van der Waals surface area contributed by atoms with Gasteiger partial charge < -0.3 is 14.6 Å². The van der Waals surface area contributed by atoms with E-state index in [1.807, 2.05) is 6.92 Å². The molecule has 0 aromatic heterocycles. The number of methoxy groups -OCH3 is 1. The van der Waals surface area contributed by atoms with Crippen LogP contribution in [0.15, 0.2) is 16.6 Å². The van der Waals surface area contributed by atoms with Gasteiger partial charge in [0.2, 0.25) is 0 Å². The molecule has 18 heavy (non-hydrogen) atoms. The van der Waals surface area contributed by atoms with E-state index in [-0.39, 0.29) is 0 Å². The van der Waals surface area contributed by atoms with Gasteiger partial charge in [-0.1, -0.05) is 0 Å². The summed E-state index contributed by atoms with van der Waals surface area (Å²) < 4.78 is 11.4. The van der Waals surface area contributed by atoms with Crippen molar-refractivity contribution in [1.82, 2.24) is 0 Å². The molecule has 0 aliphatic heterocycles. The van der Waals surface area contributed by atoms with Crippen molar-refractivity contribution in [2.75, 3.05) is 13.7 Å². The van der Waals surface area contributed by atoms with Gasteiger partial charge in [0.25, 0.3) is 0 Å². The molecule has 1 aromatic rings. The highest BCUT2D eigenvalue weighted by molar-refractivity contribution is 9.10. The van der Waals surface area contributed by atoms with Crippen molar-refractivity contribution < 1.29 is 14.6 Å². The molecule has 0 radical (unpaired) electrons. The van der Waals surface area contributed by atoms with Crippen molar-refractivity contribution in [2.45, 2.75) is 25.9 Å². The third kappa shape index (κ3) is 3.15. The van der Waals surface area contributed by atoms with Gasteiger partial charge in [-0.15, -0.1) is 0 Å². The number of rotatable bonds is 5. The summed E-state index contributed by atoms with van der Waals surface area (Å²) in [5.41, 5.74) is 0.694. The van der Waals surface area contributed by atoms with Crippen LogP contribution < -0.4 is 9.47 Å². The SMILES string of the molecule is CCOc1c(Br)cc(C(C#N)C(C)O)cc1OC. The van der Waals surface area contributed by atoms with Crippen molar-refractivity contribution in [3.63, 3.8) is 0 Å². The lowest BCUT2D eigenvalue weighted by Gasteiger charge is -2.17. The summed E-state index contributed by atoms with van der Waals surface area (Å²) in [4.78, 5) is 0. The minimum absolute atomic E-state index is 0.520. The fraction of sp³-hybridized carbons (Fsp3) is 0.462. The van der Waals surface area contributed by atoms with E-state index in [0.717, 1.165) is 0 Å². The summed E-state index contributed by atoms with van der Waals surface area (Å²) in [6, 6.07) is 5.57. The van der Waals surface area contributed by atoms with E-state index in [0.29, 0.717) is 28.1 Å². The first-order valence-electron chi connectivity index (χ1n) is 5.63. The van der Waals surface area contributed by atoms with Gasteiger partial charge in [0, 0.05) is 0 Å². The van der Waals surface area contributed by atoms with Crippen LogP contribution in [0, 0.1) is 11.3 Å². The highest BCUT2D eigenvalue weighted by Gasteiger charge is 2.20. The number of hydrogen-bond acceptors (Lipinski definition) is 4. The molecule has 98 valence electrons. The van der Waals surface area contributed by atoms with Crippen LogP contribution in [0.25, 0.3) is 0 Å². The molecule has 5 heteroatoms. The molecule has 0 amide bonds. The standard InChI is InChI=1S/C13H16BrNO3/c1-4-18-13-11(14)5-9(6-12(13)17-3)10(7-15)8(2)16/h5-6,8,10,16H,4H2,1-3H3. The Kier molecular flexibility index (Phi) is 5.45. The first-order valence-corrected chi connectivity index (χ1v) is 6.42. The monoisotopic (exact) mass is 313 g/mol. The average molecular weight is 314 g/mol. The fourth-order valence-corrected chi connectivity index (χ4v) is 2.24. The van der Waals surface area contributed by atoms with Crippen LogP contribution in [-0.2, 0) is 0 Å². The van der Waals surface area contributed by atoms with Gasteiger partial charge in [0.1, 0.15) is 0 Å². The largest absolute Gasteiger partial charge is 0.493 e. The summed E-state index contributed by atoms with van der Waals surface area (Å²) >= 11 is 3.39. The van der Waals surface area contributed by atoms with E-state index >= 15 is 0 Å². The van der Waals surface area contributed by atoms with Gasteiger partial charge in [-0.05, 0) is 47.5 Å². The number of halogens is 1. The molecule has 1 aromatic carbocycles. The predicted molar refractivity (Wildman–Crippen MR) is 71.9 cm³/mol. The first kappa shape index (κ1) is 14.8. The molecule has 0 aliphatic rings. The van der Waals surface area contributed by atoms with Gasteiger partial charge in [-0.2, -0.15) is 5.26 Å². The van der Waals surface area contributed by atoms with Gasteiger partial charge in [0.05, 0.1) is 36.3 Å². The molecule has 2 unspecified atom stereocenters. The van der Waals surface area contributed by atoms with E-state index in [1.54, 1.807) is 19.1 Å². The molecule has 0 heterocycles. The van der Waals surface area contributed by atoms with Crippen molar-refractivity contribution in [1.29, 1.82) is 5.26 Å². The maximum atomic E-state index is 9.58. The Bertz CT molecular complexity index is 454.